The van der Waals surface area contributed by atoms with Gasteiger partial charge in [0.1, 0.15) is 0 Å². The smallest absolute Gasteiger partial charge is 0.216 e. The molecule has 100 valence electrons. The van der Waals surface area contributed by atoms with E-state index in [1.165, 1.54) is 0 Å². The largest absolute Gasteiger partial charge is 0.375 e. The van der Waals surface area contributed by atoms with Crippen LogP contribution in [0.1, 0.15) is 26.7 Å². The van der Waals surface area contributed by atoms with E-state index in [9.17, 15) is 8.42 Å². The monoisotopic (exact) mass is 262 g/mol. The Morgan fingerprint density at radius 2 is 2.18 bits per heavy atom. The van der Waals surface area contributed by atoms with Gasteiger partial charge in [-0.15, -0.1) is 0 Å². The number of nitrogens with one attached hydrogen (secondary N) is 1. The first-order valence-corrected chi connectivity index (χ1v) is 7.94. The lowest BCUT2D eigenvalue weighted by Gasteiger charge is -2.36. The molecule has 1 N–H and O–H groups in total. The van der Waals surface area contributed by atoms with Gasteiger partial charge in [0.15, 0.2) is 0 Å². The number of hydrogen-bond acceptors (Lipinski definition) is 4. The molecular formula is C11H22N2O3S. The van der Waals surface area contributed by atoms with E-state index in [1.807, 2.05) is 13.8 Å². The van der Waals surface area contributed by atoms with Crippen molar-refractivity contribution in [3.05, 3.63) is 0 Å². The zero-order valence-electron chi connectivity index (χ0n) is 10.6. The SMILES string of the molecule is CC1CN(S(=O)(=O)CC2CCCN2)C(C)CO1. The van der Waals surface area contributed by atoms with Crippen LogP contribution in [-0.2, 0) is 14.8 Å². The average molecular weight is 262 g/mol. The van der Waals surface area contributed by atoms with E-state index in [0.29, 0.717) is 13.2 Å². The van der Waals surface area contributed by atoms with Crippen molar-refractivity contribution in [3.63, 3.8) is 0 Å². The molecule has 0 radical (unpaired) electrons. The maximum atomic E-state index is 12.3. The summed E-state index contributed by atoms with van der Waals surface area (Å²) < 4.78 is 31.7. The summed E-state index contributed by atoms with van der Waals surface area (Å²) in [5.74, 6) is 0.226. The quantitative estimate of drug-likeness (QED) is 0.788. The number of morpholine rings is 1. The van der Waals surface area contributed by atoms with Crippen molar-refractivity contribution in [2.24, 2.45) is 0 Å². The zero-order valence-corrected chi connectivity index (χ0v) is 11.4. The predicted octanol–water partition coefficient (Wildman–Crippen LogP) is 0.177. The summed E-state index contributed by atoms with van der Waals surface area (Å²) in [6, 6.07) is 0.0861. The van der Waals surface area contributed by atoms with Gasteiger partial charge in [0.05, 0.1) is 18.5 Å². The molecule has 2 rings (SSSR count). The molecular weight excluding hydrogens is 240 g/mol. The molecule has 5 nitrogen and oxygen atoms in total. The van der Waals surface area contributed by atoms with Gasteiger partial charge in [-0.05, 0) is 33.2 Å². The summed E-state index contributed by atoms with van der Waals surface area (Å²) in [4.78, 5) is 0. The molecule has 2 aliphatic heterocycles. The molecule has 0 bridgehead atoms. The summed E-state index contributed by atoms with van der Waals surface area (Å²) >= 11 is 0. The van der Waals surface area contributed by atoms with Gasteiger partial charge in [0.25, 0.3) is 0 Å². The van der Waals surface area contributed by atoms with Gasteiger partial charge < -0.3 is 10.1 Å². The minimum Gasteiger partial charge on any atom is -0.375 e. The lowest BCUT2D eigenvalue weighted by atomic mass is 10.2. The van der Waals surface area contributed by atoms with Gasteiger partial charge in [0.2, 0.25) is 10.0 Å². The topological polar surface area (TPSA) is 58.6 Å². The Kier molecular flexibility index (Phi) is 4.07. The Bertz CT molecular complexity index is 352. The van der Waals surface area contributed by atoms with Crippen LogP contribution < -0.4 is 5.32 Å². The van der Waals surface area contributed by atoms with E-state index in [1.54, 1.807) is 4.31 Å². The summed E-state index contributed by atoms with van der Waals surface area (Å²) in [7, 11) is -3.16. The van der Waals surface area contributed by atoms with Gasteiger partial charge in [0, 0.05) is 18.6 Å². The normalized spacial score (nSPS) is 36.2. The molecule has 0 aliphatic carbocycles. The molecule has 3 unspecified atom stereocenters. The molecule has 2 heterocycles. The van der Waals surface area contributed by atoms with Crippen LogP contribution in [0.25, 0.3) is 0 Å². The van der Waals surface area contributed by atoms with Crippen LogP contribution in [0.15, 0.2) is 0 Å². The lowest BCUT2D eigenvalue weighted by molar-refractivity contribution is -0.0171. The van der Waals surface area contributed by atoms with Crippen molar-refractivity contribution in [3.8, 4) is 0 Å². The highest BCUT2D eigenvalue weighted by atomic mass is 32.2. The highest BCUT2D eigenvalue weighted by molar-refractivity contribution is 7.89. The first-order valence-electron chi connectivity index (χ1n) is 6.33. The molecule has 0 spiro atoms. The van der Waals surface area contributed by atoms with Crippen LogP contribution in [0, 0.1) is 0 Å². The minimum absolute atomic E-state index is 0.00230. The number of ether oxygens (including phenoxy) is 1. The Balaban J connectivity index is 2.02. The Hall–Kier alpha value is -0.170. The fourth-order valence-corrected chi connectivity index (χ4v) is 4.54. The van der Waals surface area contributed by atoms with Crippen molar-refractivity contribution < 1.29 is 13.2 Å². The number of rotatable bonds is 3. The number of nitrogens with zero attached hydrogens (tertiary/aromatic N) is 1. The summed E-state index contributed by atoms with van der Waals surface area (Å²) in [6.45, 7) is 5.75. The van der Waals surface area contributed by atoms with Crippen molar-refractivity contribution in [2.75, 3.05) is 25.4 Å². The van der Waals surface area contributed by atoms with Crippen molar-refractivity contribution in [1.29, 1.82) is 0 Å². The average Bonchev–Trinajstić information content (AvgIpc) is 2.73. The van der Waals surface area contributed by atoms with E-state index in [-0.39, 0.29) is 23.9 Å². The molecule has 2 aliphatic rings. The summed E-state index contributed by atoms with van der Waals surface area (Å²) in [5, 5.41) is 3.24. The fraction of sp³-hybridized carbons (Fsp3) is 1.00. The third-order valence-electron chi connectivity index (χ3n) is 3.48. The Morgan fingerprint density at radius 3 is 2.82 bits per heavy atom. The number of sulfonamides is 1. The lowest BCUT2D eigenvalue weighted by Crippen LogP contribution is -2.52. The standard InChI is InChI=1S/C11H22N2O3S/c1-9-7-16-10(2)6-13(9)17(14,15)8-11-4-3-5-12-11/h9-12H,3-8H2,1-2H3. The summed E-state index contributed by atoms with van der Waals surface area (Å²) in [6.07, 6.45) is 2.04. The van der Waals surface area contributed by atoms with E-state index in [2.05, 4.69) is 5.32 Å². The third-order valence-corrected chi connectivity index (χ3v) is 5.53. The highest BCUT2D eigenvalue weighted by Gasteiger charge is 2.34. The second-order valence-electron chi connectivity index (χ2n) is 5.13. The molecule has 6 heteroatoms. The second-order valence-corrected chi connectivity index (χ2v) is 7.10. The van der Waals surface area contributed by atoms with Gasteiger partial charge >= 0.3 is 0 Å². The molecule has 0 saturated carbocycles. The third kappa shape index (κ3) is 3.19. The van der Waals surface area contributed by atoms with E-state index >= 15 is 0 Å². The molecule has 3 atom stereocenters. The molecule has 0 aromatic heterocycles. The van der Waals surface area contributed by atoms with E-state index in [0.717, 1.165) is 19.4 Å². The van der Waals surface area contributed by atoms with Crippen LogP contribution in [-0.4, -0.2) is 56.4 Å². The molecule has 2 fully saturated rings. The van der Waals surface area contributed by atoms with E-state index < -0.39 is 10.0 Å². The minimum atomic E-state index is -3.16. The Labute approximate surface area is 104 Å². The van der Waals surface area contributed by atoms with Crippen molar-refractivity contribution >= 4 is 10.0 Å². The summed E-state index contributed by atoms with van der Waals surface area (Å²) in [5.41, 5.74) is 0. The van der Waals surface area contributed by atoms with Gasteiger partial charge in [-0.1, -0.05) is 0 Å². The van der Waals surface area contributed by atoms with Crippen LogP contribution in [0.4, 0.5) is 0 Å². The molecule has 2 saturated heterocycles. The van der Waals surface area contributed by atoms with E-state index in [4.69, 9.17) is 4.74 Å². The molecule has 17 heavy (non-hydrogen) atoms. The first kappa shape index (κ1) is 13.3. The maximum Gasteiger partial charge on any atom is 0.216 e. The molecule has 0 amide bonds. The van der Waals surface area contributed by atoms with Crippen LogP contribution in [0.2, 0.25) is 0 Å². The number of hydrogen-bond donors (Lipinski definition) is 1. The molecule has 0 aromatic carbocycles. The van der Waals surface area contributed by atoms with Gasteiger partial charge in [-0.3, -0.25) is 0 Å². The highest BCUT2D eigenvalue weighted by Crippen LogP contribution is 2.18. The van der Waals surface area contributed by atoms with Crippen LogP contribution in [0.5, 0.6) is 0 Å². The van der Waals surface area contributed by atoms with Crippen molar-refractivity contribution in [2.45, 2.75) is 44.9 Å². The molecule has 0 aromatic rings. The van der Waals surface area contributed by atoms with Crippen LogP contribution >= 0.6 is 0 Å². The van der Waals surface area contributed by atoms with Gasteiger partial charge in [-0.25, -0.2) is 8.42 Å². The fourth-order valence-electron chi connectivity index (χ4n) is 2.51. The van der Waals surface area contributed by atoms with Crippen LogP contribution in [0.3, 0.4) is 0 Å². The predicted molar refractivity (Wildman–Crippen MR) is 66.4 cm³/mol. The maximum absolute atomic E-state index is 12.3. The van der Waals surface area contributed by atoms with Gasteiger partial charge in [-0.2, -0.15) is 4.31 Å². The zero-order chi connectivity index (χ0) is 12.5. The first-order chi connectivity index (χ1) is 7.99. The Morgan fingerprint density at radius 1 is 1.41 bits per heavy atom. The van der Waals surface area contributed by atoms with Crippen molar-refractivity contribution in [1.82, 2.24) is 9.62 Å². The second kappa shape index (κ2) is 5.22.